The molecule has 0 spiro atoms. The van der Waals surface area contributed by atoms with Crippen molar-refractivity contribution in [2.24, 2.45) is 5.92 Å². The van der Waals surface area contributed by atoms with E-state index in [0.29, 0.717) is 19.1 Å². The molecule has 94 valence electrons. The zero-order valence-corrected chi connectivity index (χ0v) is 10.4. The fraction of sp³-hybridized carbons (Fsp3) is 0.571. The average Bonchev–Trinajstić information content (AvgIpc) is 3.04. The van der Waals surface area contributed by atoms with Gasteiger partial charge in [0, 0.05) is 5.92 Å². The molecule has 0 amide bonds. The van der Waals surface area contributed by atoms with E-state index in [2.05, 4.69) is 19.1 Å². The zero-order chi connectivity index (χ0) is 12.3. The van der Waals surface area contributed by atoms with Gasteiger partial charge in [-0.3, -0.25) is 0 Å². The summed E-state index contributed by atoms with van der Waals surface area (Å²) in [6, 6.07) is 10.1. The first-order valence-corrected chi connectivity index (χ1v) is 6.06. The second kappa shape index (κ2) is 5.17. The summed E-state index contributed by atoms with van der Waals surface area (Å²) in [6.45, 7) is 5.41. The van der Waals surface area contributed by atoms with Crippen LogP contribution >= 0.6 is 0 Å². The zero-order valence-electron chi connectivity index (χ0n) is 10.4. The second-order valence-corrected chi connectivity index (χ2v) is 4.99. The maximum absolute atomic E-state index is 9.12. The van der Waals surface area contributed by atoms with Gasteiger partial charge >= 0.3 is 0 Å². The van der Waals surface area contributed by atoms with Crippen molar-refractivity contribution in [3.63, 3.8) is 0 Å². The van der Waals surface area contributed by atoms with Crippen LogP contribution in [0.4, 0.5) is 0 Å². The molecule has 0 bridgehead atoms. The van der Waals surface area contributed by atoms with Gasteiger partial charge in [0.1, 0.15) is 5.60 Å². The van der Waals surface area contributed by atoms with Gasteiger partial charge in [0.15, 0.2) is 0 Å². The lowest BCUT2D eigenvalue weighted by molar-refractivity contribution is 0.0825. The summed E-state index contributed by atoms with van der Waals surface area (Å²) in [5.74, 6) is 0.316. The lowest BCUT2D eigenvalue weighted by Gasteiger charge is -2.11. The van der Waals surface area contributed by atoms with Crippen molar-refractivity contribution in [1.82, 2.24) is 0 Å². The number of hydrogen-bond donors (Lipinski definition) is 1. The molecule has 1 N–H and O–H groups in total. The number of aliphatic hydroxyl groups is 1. The maximum Gasteiger partial charge on any atom is 0.115 e. The topological polar surface area (TPSA) is 42.0 Å². The molecule has 1 aromatic rings. The van der Waals surface area contributed by atoms with Gasteiger partial charge in [-0.2, -0.15) is 0 Å². The van der Waals surface area contributed by atoms with Gasteiger partial charge in [-0.1, -0.05) is 37.3 Å². The molecule has 3 heteroatoms. The van der Waals surface area contributed by atoms with Gasteiger partial charge in [0.05, 0.1) is 25.9 Å². The van der Waals surface area contributed by atoms with Crippen LogP contribution in [0.3, 0.4) is 0 Å². The molecule has 1 heterocycles. The normalized spacial score (nSPS) is 29.0. The van der Waals surface area contributed by atoms with E-state index in [-0.39, 0.29) is 18.3 Å². The van der Waals surface area contributed by atoms with E-state index in [0.717, 1.165) is 0 Å². The highest BCUT2D eigenvalue weighted by Crippen LogP contribution is 2.40. The second-order valence-electron chi connectivity index (χ2n) is 4.99. The molecule has 0 radical (unpaired) electrons. The van der Waals surface area contributed by atoms with Crippen LogP contribution in [0.25, 0.3) is 0 Å². The van der Waals surface area contributed by atoms with Gasteiger partial charge in [-0.05, 0) is 12.5 Å². The molecule has 1 fully saturated rings. The Kier molecular flexibility index (Phi) is 3.82. The van der Waals surface area contributed by atoms with Crippen molar-refractivity contribution in [2.45, 2.75) is 32.2 Å². The Labute approximate surface area is 102 Å². The summed E-state index contributed by atoms with van der Waals surface area (Å²) < 4.78 is 11.1. The monoisotopic (exact) mass is 236 g/mol. The van der Waals surface area contributed by atoms with Crippen LogP contribution in [0, 0.1) is 5.92 Å². The lowest BCUT2D eigenvalue weighted by Crippen LogP contribution is -2.22. The first kappa shape index (κ1) is 12.6. The number of benzene rings is 1. The van der Waals surface area contributed by atoms with Gasteiger partial charge < -0.3 is 14.6 Å². The Bertz CT molecular complexity index is 352. The molecule has 0 saturated carbocycles. The first-order chi connectivity index (χ1) is 8.15. The molecule has 0 unspecified atom stereocenters. The number of aliphatic hydroxyl groups excluding tert-OH is 1. The van der Waals surface area contributed by atoms with Crippen LogP contribution in [0.15, 0.2) is 30.3 Å². The largest absolute Gasteiger partial charge is 0.393 e. The summed E-state index contributed by atoms with van der Waals surface area (Å²) in [7, 11) is 0. The van der Waals surface area contributed by atoms with Gasteiger partial charge in [-0.15, -0.1) is 0 Å². The standard InChI is InChI=1S/C14H20O3/c1-11(13-14(2,10-15)17-13)8-16-9-12-6-4-3-5-7-12/h3-7,11,13,15H,8-10H2,1-2H3/t11-,13+,14+/m1/s1. The van der Waals surface area contributed by atoms with Crippen molar-refractivity contribution >= 4 is 0 Å². The third kappa shape index (κ3) is 3.06. The Morgan fingerprint density at radius 3 is 2.71 bits per heavy atom. The van der Waals surface area contributed by atoms with Crippen LogP contribution < -0.4 is 0 Å². The fourth-order valence-electron chi connectivity index (χ4n) is 2.13. The molecule has 17 heavy (non-hydrogen) atoms. The maximum atomic E-state index is 9.12. The predicted molar refractivity (Wildman–Crippen MR) is 65.6 cm³/mol. The van der Waals surface area contributed by atoms with Crippen LogP contribution in [0.5, 0.6) is 0 Å². The predicted octanol–water partition coefficient (Wildman–Crippen LogP) is 1.99. The van der Waals surface area contributed by atoms with E-state index < -0.39 is 0 Å². The van der Waals surface area contributed by atoms with E-state index in [9.17, 15) is 0 Å². The molecular formula is C14H20O3. The summed E-state index contributed by atoms with van der Waals surface area (Å²) in [5, 5.41) is 9.12. The van der Waals surface area contributed by atoms with E-state index >= 15 is 0 Å². The Morgan fingerprint density at radius 2 is 2.12 bits per heavy atom. The minimum Gasteiger partial charge on any atom is -0.393 e. The highest BCUT2D eigenvalue weighted by atomic mass is 16.6. The highest BCUT2D eigenvalue weighted by molar-refractivity contribution is 5.13. The third-order valence-electron chi connectivity index (χ3n) is 3.26. The van der Waals surface area contributed by atoms with E-state index in [1.807, 2.05) is 25.1 Å². The smallest absolute Gasteiger partial charge is 0.115 e. The fourth-order valence-corrected chi connectivity index (χ4v) is 2.13. The molecule has 1 aliphatic heterocycles. The quantitative estimate of drug-likeness (QED) is 0.768. The SMILES string of the molecule is C[C@H](COCc1ccccc1)[C@@H]1O[C@@]1(C)CO. The molecule has 1 aliphatic rings. The molecular weight excluding hydrogens is 216 g/mol. The summed E-state index contributed by atoms with van der Waals surface area (Å²) in [5.41, 5.74) is 0.844. The molecule has 2 rings (SSSR count). The van der Waals surface area contributed by atoms with E-state index in [4.69, 9.17) is 14.6 Å². The van der Waals surface area contributed by atoms with Crippen molar-refractivity contribution in [3.05, 3.63) is 35.9 Å². The van der Waals surface area contributed by atoms with Crippen LogP contribution in [0.1, 0.15) is 19.4 Å². The van der Waals surface area contributed by atoms with Crippen LogP contribution in [0.2, 0.25) is 0 Å². The minimum atomic E-state index is -0.338. The van der Waals surface area contributed by atoms with Crippen molar-refractivity contribution < 1.29 is 14.6 Å². The molecule has 0 aromatic heterocycles. The average molecular weight is 236 g/mol. The third-order valence-corrected chi connectivity index (χ3v) is 3.26. The Morgan fingerprint density at radius 1 is 1.41 bits per heavy atom. The van der Waals surface area contributed by atoms with Crippen molar-refractivity contribution in [2.75, 3.05) is 13.2 Å². The van der Waals surface area contributed by atoms with E-state index in [1.165, 1.54) is 5.56 Å². The number of hydrogen-bond acceptors (Lipinski definition) is 3. The highest BCUT2D eigenvalue weighted by Gasteiger charge is 2.54. The van der Waals surface area contributed by atoms with Gasteiger partial charge in [-0.25, -0.2) is 0 Å². The van der Waals surface area contributed by atoms with Crippen molar-refractivity contribution in [3.8, 4) is 0 Å². The summed E-state index contributed by atoms with van der Waals surface area (Å²) >= 11 is 0. The minimum absolute atomic E-state index is 0.0840. The van der Waals surface area contributed by atoms with Crippen molar-refractivity contribution in [1.29, 1.82) is 0 Å². The van der Waals surface area contributed by atoms with Gasteiger partial charge in [0.2, 0.25) is 0 Å². The van der Waals surface area contributed by atoms with Crippen LogP contribution in [-0.2, 0) is 16.1 Å². The lowest BCUT2D eigenvalue weighted by atomic mass is 9.99. The molecule has 0 aliphatic carbocycles. The van der Waals surface area contributed by atoms with Gasteiger partial charge in [0.25, 0.3) is 0 Å². The molecule has 1 aromatic carbocycles. The number of rotatable bonds is 6. The van der Waals surface area contributed by atoms with Crippen LogP contribution in [-0.4, -0.2) is 30.0 Å². The number of ether oxygens (including phenoxy) is 2. The Balaban J connectivity index is 1.70. The first-order valence-electron chi connectivity index (χ1n) is 6.06. The summed E-state index contributed by atoms with van der Waals surface area (Å²) in [6.07, 6.45) is 0.128. The molecule has 1 saturated heterocycles. The molecule has 3 nitrogen and oxygen atoms in total. The Hall–Kier alpha value is -0.900. The summed E-state index contributed by atoms with van der Waals surface area (Å²) in [4.78, 5) is 0. The van der Waals surface area contributed by atoms with E-state index in [1.54, 1.807) is 0 Å². The number of epoxide rings is 1. The molecule has 3 atom stereocenters.